The van der Waals surface area contributed by atoms with Gasteiger partial charge in [-0.15, -0.1) is 11.3 Å². The number of likely N-dealkylation sites (N-methyl/N-ethyl adjacent to an activating group) is 2. The van der Waals surface area contributed by atoms with Crippen LogP contribution in [0.15, 0.2) is 35.1 Å². The largest absolute Gasteiger partial charge is 0.392 e. The predicted octanol–water partition coefficient (Wildman–Crippen LogP) is 4.34. The molecule has 0 atom stereocenters. The molecule has 0 saturated heterocycles. The second-order valence-corrected chi connectivity index (χ2v) is 8.11. The van der Waals surface area contributed by atoms with Crippen LogP contribution >= 0.6 is 22.9 Å². The van der Waals surface area contributed by atoms with E-state index in [9.17, 15) is 9.90 Å². The molecule has 0 bridgehead atoms. The molecule has 0 unspecified atom stereocenters. The van der Waals surface area contributed by atoms with Crippen LogP contribution in [0.25, 0.3) is 20.2 Å². The fraction of sp³-hybridized carbons (Fsp3) is 0.381. The molecule has 0 aliphatic carbocycles. The van der Waals surface area contributed by atoms with Crippen molar-refractivity contribution in [1.29, 1.82) is 0 Å². The van der Waals surface area contributed by atoms with Crippen molar-refractivity contribution < 1.29 is 5.11 Å². The number of benzene rings is 2. The van der Waals surface area contributed by atoms with E-state index in [1.165, 1.54) is 11.3 Å². The molecule has 27 heavy (non-hydrogen) atoms. The zero-order valence-electron chi connectivity index (χ0n) is 16.0. The van der Waals surface area contributed by atoms with Crippen LogP contribution in [-0.4, -0.2) is 43.2 Å². The van der Waals surface area contributed by atoms with Crippen LogP contribution in [0.4, 0.5) is 5.69 Å². The van der Waals surface area contributed by atoms with Crippen molar-refractivity contribution in [2.75, 3.05) is 38.1 Å². The molecule has 0 fully saturated rings. The molecular formula is C21H25ClN2O2S. The van der Waals surface area contributed by atoms with Crippen LogP contribution < -0.4 is 10.3 Å². The van der Waals surface area contributed by atoms with Gasteiger partial charge >= 0.3 is 0 Å². The maximum atomic E-state index is 13.3. The number of anilines is 1. The molecule has 1 aromatic heterocycles. The summed E-state index contributed by atoms with van der Waals surface area (Å²) in [6, 6.07) is 9.23. The van der Waals surface area contributed by atoms with Crippen LogP contribution in [-0.2, 0) is 6.61 Å². The molecule has 0 spiro atoms. The SMILES string of the molecule is CCN(CC)CCN(C)c1ccc(CO)c2sc3cc(Cl)ccc3c(=O)c12. The van der Waals surface area contributed by atoms with Crippen LogP contribution in [0, 0.1) is 0 Å². The summed E-state index contributed by atoms with van der Waals surface area (Å²) in [7, 11) is 2.02. The first kappa shape index (κ1) is 20.1. The number of hydrogen-bond donors (Lipinski definition) is 1. The Hall–Kier alpha value is -1.66. The number of hydrogen-bond acceptors (Lipinski definition) is 5. The summed E-state index contributed by atoms with van der Waals surface area (Å²) in [5.41, 5.74) is 1.68. The van der Waals surface area contributed by atoms with Crippen molar-refractivity contribution in [1.82, 2.24) is 4.90 Å². The Labute approximate surface area is 168 Å². The minimum Gasteiger partial charge on any atom is -0.392 e. The fourth-order valence-corrected chi connectivity index (χ4v) is 4.83. The van der Waals surface area contributed by atoms with Crippen molar-refractivity contribution in [3.63, 3.8) is 0 Å². The van der Waals surface area contributed by atoms with E-state index in [2.05, 4.69) is 23.6 Å². The van der Waals surface area contributed by atoms with E-state index in [0.29, 0.717) is 15.8 Å². The van der Waals surface area contributed by atoms with E-state index in [0.717, 1.165) is 46.8 Å². The van der Waals surface area contributed by atoms with Gasteiger partial charge in [0.2, 0.25) is 0 Å². The molecule has 2 aromatic carbocycles. The number of halogens is 1. The molecule has 0 saturated carbocycles. The van der Waals surface area contributed by atoms with Crippen molar-refractivity contribution in [2.24, 2.45) is 0 Å². The van der Waals surface area contributed by atoms with Gasteiger partial charge in [-0.25, -0.2) is 0 Å². The van der Waals surface area contributed by atoms with Gasteiger partial charge < -0.3 is 14.9 Å². The van der Waals surface area contributed by atoms with E-state index < -0.39 is 0 Å². The van der Waals surface area contributed by atoms with Crippen LogP contribution in [0.3, 0.4) is 0 Å². The van der Waals surface area contributed by atoms with Gasteiger partial charge in [-0.2, -0.15) is 0 Å². The minimum atomic E-state index is -0.0953. The highest BCUT2D eigenvalue weighted by molar-refractivity contribution is 7.24. The van der Waals surface area contributed by atoms with Crippen LogP contribution in [0.1, 0.15) is 19.4 Å². The first-order valence-corrected chi connectivity index (χ1v) is 10.4. The van der Waals surface area contributed by atoms with Gasteiger partial charge in [-0.1, -0.05) is 31.5 Å². The highest BCUT2D eigenvalue weighted by atomic mass is 35.5. The monoisotopic (exact) mass is 404 g/mol. The molecule has 3 aromatic rings. The molecule has 144 valence electrons. The lowest BCUT2D eigenvalue weighted by molar-refractivity contribution is 0.283. The molecule has 4 nitrogen and oxygen atoms in total. The fourth-order valence-electron chi connectivity index (χ4n) is 3.36. The van der Waals surface area contributed by atoms with E-state index >= 15 is 0 Å². The van der Waals surface area contributed by atoms with Gasteiger partial charge in [0.1, 0.15) is 0 Å². The molecule has 0 aliphatic rings. The van der Waals surface area contributed by atoms with Crippen LogP contribution in [0.5, 0.6) is 0 Å². The summed E-state index contributed by atoms with van der Waals surface area (Å²) in [6.07, 6.45) is 0. The number of fused-ring (bicyclic) bond motifs is 2. The number of nitrogens with zero attached hydrogens (tertiary/aromatic N) is 2. The molecule has 1 heterocycles. The van der Waals surface area contributed by atoms with Gasteiger partial charge in [-0.05, 0) is 42.9 Å². The summed E-state index contributed by atoms with van der Waals surface area (Å²) in [5, 5.41) is 11.7. The molecule has 3 rings (SSSR count). The maximum absolute atomic E-state index is 13.3. The Bertz CT molecular complexity index is 1010. The number of aliphatic hydroxyl groups is 1. The topological polar surface area (TPSA) is 43.8 Å². The third kappa shape index (κ3) is 3.97. The molecule has 1 N–H and O–H groups in total. The predicted molar refractivity (Wildman–Crippen MR) is 118 cm³/mol. The van der Waals surface area contributed by atoms with Crippen molar-refractivity contribution in [3.05, 3.63) is 51.1 Å². The van der Waals surface area contributed by atoms with Gasteiger partial charge in [0.15, 0.2) is 5.43 Å². The highest BCUT2D eigenvalue weighted by Gasteiger charge is 2.16. The van der Waals surface area contributed by atoms with E-state index in [1.54, 1.807) is 12.1 Å². The summed E-state index contributed by atoms with van der Waals surface area (Å²) in [4.78, 5) is 17.8. The average molecular weight is 405 g/mol. The van der Waals surface area contributed by atoms with E-state index in [1.807, 2.05) is 25.2 Å². The lowest BCUT2D eigenvalue weighted by Crippen LogP contribution is -2.33. The lowest BCUT2D eigenvalue weighted by atomic mass is 10.1. The lowest BCUT2D eigenvalue weighted by Gasteiger charge is -2.25. The smallest absolute Gasteiger partial charge is 0.197 e. The number of aliphatic hydroxyl groups excluding tert-OH is 1. The zero-order valence-corrected chi connectivity index (χ0v) is 17.5. The van der Waals surface area contributed by atoms with E-state index in [4.69, 9.17) is 11.6 Å². The Morgan fingerprint density at radius 3 is 2.52 bits per heavy atom. The first-order valence-electron chi connectivity index (χ1n) is 9.22. The quantitative estimate of drug-likeness (QED) is 0.595. The van der Waals surface area contributed by atoms with Gasteiger partial charge in [0, 0.05) is 45.6 Å². The Morgan fingerprint density at radius 2 is 1.85 bits per heavy atom. The van der Waals surface area contributed by atoms with Gasteiger partial charge in [-0.3, -0.25) is 4.79 Å². The maximum Gasteiger partial charge on any atom is 0.197 e. The second kappa shape index (κ2) is 8.57. The van der Waals surface area contributed by atoms with Crippen LogP contribution in [0.2, 0.25) is 5.02 Å². The summed E-state index contributed by atoms with van der Waals surface area (Å²) >= 11 is 7.63. The Kier molecular flexibility index (Phi) is 6.37. The summed E-state index contributed by atoms with van der Waals surface area (Å²) in [6.45, 7) is 8.00. The van der Waals surface area contributed by atoms with Crippen molar-refractivity contribution >= 4 is 48.8 Å². The highest BCUT2D eigenvalue weighted by Crippen LogP contribution is 2.34. The zero-order chi connectivity index (χ0) is 19.6. The van der Waals surface area contributed by atoms with Crippen molar-refractivity contribution in [2.45, 2.75) is 20.5 Å². The van der Waals surface area contributed by atoms with Gasteiger partial charge in [0.05, 0.1) is 12.0 Å². The minimum absolute atomic E-state index is 0.00425. The normalized spacial score (nSPS) is 11.6. The second-order valence-electron chi connectivity index (χ2n) is 6.63. The van der Waals surface area contributed by atoms with E-state index in [-0.39, 0.29) is 12.0 Å². The molecule has 0 aliphatic heterocycles. The van der Waals surface area contributed by atoms with Gasteiger partial charge in [0.25, 0.3) is 0 Å². The first-order chi connectivity index (χ1) is 13.0. The Morgan fingerprint density at radius 1 is 1.11 bits per heavy atom. The molecule has 0 radical (unpaired) electrons. The summed E-state index contributed by atoms with van der Waals surface area (Å²) in [5.74, 6) is 0. The van der Waals surface area contributed by atoms with Crippen molar-refractivity contribution in [3.8, 4) is 0 Å². The number of rotatable bonds is 7. The standard InChI is InChI=1S/C21H25ClN2O2S/c1-4-24(5-2)11-10-23(3)17-9-6-14(13-25)21-19(17)20(26)16-8-7-15(22)12-18(16)27-21/h6-9,12,25H,4-5,10-11,13H2,1-3H3. The molecular weight excluding hydrogens is 380 g/mol. The summed E-state index contributed by atoms with van der Waals surface area (Å²) < 4.78 is 1.68. The Balaban J connectivity index is 2.16. The molecule has 6 heteroatoms. The average Bonchev–Trinajstić information content (AvgIpc) is 2.67. The third-order valence-corrected chi connectivity index (χ3v) is 6.54. The molecule has 0 amide bonds. The third-order valence-electron chi connectivity index (χ3n) is 5.07.